The first-order valence-corrected chi connectivity index (χ1v) is 9.32. The molecule has 2 aromatic carbocycles. The van der Waals surface area contributed by atoms with E-state index in [1.807, 2.05) is 31.2 Å². The van der Waals surface area contributed by atoms with E-state index in [0.717, 1.165) is 5.56 Å². The Hall–Kier alpha value is -3.48. The first-order valence-electron chi connectivity index (χ1n) is 9.32. The maximum atomic E-state index is 13.0. The summed E-state index contributed by atoms with van der Waals surface area (Å²) in [5.74, 6) is -1.02. The molecule has 1 amide bonds. The molecule has 0 aliphatic carbocycles. The summed E-state index contributed by atoms with van der Waals surface area (Å²) in [6.07, 6.45) is 2.63. The molecule has 0 atom stereocenters. The van der Waals surface area contributed by atoms with E-state index >= 15 is 0 Å². The number of hydrogen-bond acceptors (Lipinski definition) is 4. The van der Waals surface area contributed by atoms with Gasteiger partial charge in [0, 0.05) is 12.6 Å². The lowest BCUT2D eigenvalue weighted by Gasteiger charge is -2.06. The highest BCUT2D eigenvalue weighted by atomic mass is 19.1. The van der Waals surface area contributed by atoms with Gasteiger partial charge in [-0.3, -0.25) is 4.79 Å². The van der Waals surface area contributed by atoms with E-state index < -0.39 is 5.97 Å². The molecule has 6 nitrogen and oxygen atoms in total. The van der Waals surface area contributed by atoms with Crippen molar-refractivity contribution in [1.29, 1.82) is 0 Å². The highest BCUT2D eigenvalue weighted by Crippen LogP contribution is 2.09. The zero-order chi connectivity index (χ0) is 20.6. The number of carbonyl (C=O) groups is 2. The van der Waals surface area contributed by atoms with Crippen LogP contribution in [-0.4, -0.2) is 34.8 Å². The van der Waals surface area contributed by atoms with Crippen LogP contribution in [0.15, 0.2) is 60.8 Å². The van der Waals surface area contributed by atoms with E-state index in [1.54, 1.807) is 18.3 Å². The van der Waals surface area contributed by atoms with Crippen molar-refractivity contribution in [2.24, 2.45) is 0 Å². The van der Waals surface area contributed by atoms with E-state index in [2.05, 4.69) is 10.4 Å². The topological polar surface area (TPSA) is 73.2 Å². The summed E-state index contributed by atoms with van der Waals surface area (Å²) in [5, 5.41) is 6.86. The predicted octanol–water partition coefficient (Wildman–Crippen LogP) is 3.23. The molecular weight excluding hydrogens is 373 g/mol. The van der Waals surface area contributed by atoms with Crippen LogP contribution in [0, 0.1) is 12.7 Å². The van der Waals surface area contributed by atoms with Gasteiger partial charge in [0.05, 0.1) is 12.2 Å². The number of hydrogen-bond donors (Lipinski definition) is 1. The van der Waals surface area contributed by atoms with Crippen molar-refractivity contribution in [2.75, 3.05) is 13.2 Å². The summed E-state index contributed by atoms with van der Waals surface area (Å²) < 4.78 is 19.6. The third kappa shape index (κ3) is 6.00. The van der Waals surface area contributed by atoms with Crippen molar-refractivity contribution in [1.82, 2.24) is 15.1 Å². The standard InChI is InChI=1S/C22H22FN3O3/c1-16-2-4-17(5-3-16)6-11-21(27)24-13-15-29-22(28)20-12-14-26(25-20)19-9-7-18(23)8-10-19/h2-5,7-10,12,14H,6,11,13,15H2,1H3,(H,24,27). The van der Waals surface area contributed by atoms with Gasteiger partial charge >= 0.3 is 5.97 Å². The normalized spacial score (nSPS) is 10.6. The van der Waals surface area contributed by atoms with E-state index in [9.17, 15) is 14.0 Å². The van der Waals surface area contributed by atoms with Crippen LogP contribution >= 0.6 is 0 Å². The molecule has 0 aliphatic rings. The Balaban J connectivity index is 1.38. The van der Waals surface area contributed by atoms with Gasteiger partial charge < -0.3 is 10.1 Å². The van der Waals surface area contributed by atoms with Crippen LogP contribution in [-0.2, 0) is 16.0 Å². The summed E-state index contributed by atoms with van der Waals surface area (Å²) in [6, 6.07) is 15.3. The lowest BCUT2D eigenvalue weighted by atomic mass is 10.1. The zero-order valence-corrected chi connectivity index (χ0v) is 16.1. The number of halogens is 1. The third-order valence-corrected chi connectivity index (χ3v) is 4.31. The second-order valence-corrected chi connectivity index (χ2v) is 6.59. The molecule has 0 aliphatic heterocycles. The first kappa shape index (κ1) is 20.3. The van der Waals surface area contributed by atoms with Gasteiger partial charge in [0.15, 0.2) is 5.69 Å². The van der Waals surface area contributed by atoms with Crippen molar-refractivity contribution in [3.63, 3.8) is 0 Å². The molecule has 0 saturated heterocycles. The van der Waals surface area contributed by atoms with Crippen LogP contribution in [0.5, 0.6) is 0 Å². The number of nitrogens with zero attached hydrogens (tertiary/aromatic N) is 2. The predicted molar refractivity (Wildman–Crippen MR) is 106 cm³/mol. The Morgan fingerprint density at radius 3 is 2.52 bits per heavy atom. The number of carbonyl (C=O) groups excluding carboxylic acids is 2. The Bertz CT molecular complexity index is 966. The number of ether oxygens (including phenoxy) is 1. The molecule has 150 valence electrons. The van der Waals surface area contributed by atoms with Gasteiger partial charge in [-0.1, -0.05) is 29.8 Å². The van der Waals surface area contributed by atoms with E-state index in [0.29, 0.717) is 18.5 Å². The fourth-order valence-corrected chi connectivity index (χ4v) is 2.68. The summed E-state index contributed by atoms with van der Waals surface area (Å²) >= 11 is 0. The van der Waals surface area contributed by atoms with Gasteiger partial charge in [-0.05, 0) is 49.2 Å². The number of aryl methyl sites for hydroxylation is 2. The Morgan fingerprint density at radius 2 is 1.79 bits per heavy atom. The number of amides is 1. The summed E-state index contributed by atoms with van der Waals surface area (Å²) in [7, 11) is 0. The molecule has 3 rings (SSSR count). The van der Waals surface area contributed by atoms with E-state index in [1.165, 1.54) is 28.4 Å². The minimum Gasteiger partial charge on any atom is -0.459 e. The molecule has 0 fully saturated rings. The molecule has 0 spiro atoms. The Morgan fingerprint density at radius 1 is 1.07 bits per heavy atom. The van der Waals surface area contributed by atoms with E-state index in [4.69, 9.17) is 4.74 Å². The summed E-state index contributed by atoms with van der Waals surface area (Å²) in [5.41, 5.74) is 3.06. The van der Waals surface area contributed by atoms with Crippen LogP contribution in [0.4, 0.5) is 4.39 Å². The number of nitrogens with one attached hydrogen (secondary N) is 1. The second-order valence-electron chi connectivity index (χ2n) is 6.59. The second kappa shape index (κ2) is 9.64. The fraction of sp³-hybridized carbons (Fsp3) is 0.227. The van der Waals surface area contributed by atoms with Gasteiger partial charge in [0.25, 0.3) is 0 Å². The van der Waals surface area contributed by atoms with Gasteiger partial charge in [-0.2, -0.15) is 5.10 Å². The Labute approximate surface area is 168 Å². The van der Waals surface area contributed by atoms with Gasteiger partial charge in [0.1, 0.15) is 12.4 Å². The Kier molecular flexibility index (Phi) is 6.73. The van der Waals surface area contributed by atoms with Crippen LogP contribution in [0.3, 0.4) is 0 Å². The lowest BCUT2D eigenvalue weighted by molar-refractivity contribution is -0.121. The summed E-state index contributed by atoms with van der Waals surface area (Å²) in [4.78, 5) is 23.9. The average molecular weight is 395 g/mol. The maximum absolute atomic E-state index is 13.0. The molecule has 7 heteroatoms. The van der Waals surface area contributed by atoms with Crippen LogP contribution in [0.25, 0.3) is 5.69 Å². The fourth-order valence-electron chi connectivity index (χ4n) is 2.68. The number of aromatic nitrogens is 2. The van der Waals surface area contributed by atoms with Crippen molar-refractivity contribution >= 4 is 11.9 Å². The highest BCUT2D eigenvalue weighted by Gasteiger charge is 2.12. The van der Waals surface area contributed by atoms with Crippen molar-refractivity contribution in [3.05, 3.63) is 83.4 Å². The average Bonchev–Trinajstić information content (AvgIpc) is 3.21. The van der Waals surface area contributed by atoms with Crippen molar-refractivity contribution in [2.45, 2.75) is 19.8 Å². The number of rotatable bonds is 8. The monoisotopic (exact) mass is 395 g/mol. The molecule has 1 aromatic heterocycles. The number of esters is 1. The van der Waals surface area contributed by atoms with Gasteiger partial charge in [0.2, 0.25) is 5.91 Å². The van der Waals surface area contributed by atoms with E-state index in [-0.39, 0.29) is 30.6 Å². The third-order valence-electron chi connectivity index (χ3n) is 4.31. The maximum Gasteiger partial charge on any atom is 0.358 e. The molecule has 0 bridgehead atoms. The molecule has 1 heterocycles. The molecule has 29 heavy (non-hydrogen) atoms. The minimum atomic E-state index is -0.584. The summed E-state index contributed by atoms with van der Waals surface area (Å²) in [6.45, 7) is 2.31. The SMILES string of the molecule is Cc1ccc(CCC(=O)NCCOC(=O)c2ccn(-c3ccc(F)cc3)n2)cc1. The molecule has 0 radical (unpaired) electrons. The zero-order valence-electron chi connectivity index (χ0n) is 16.1. The first-order chi connectivity index (χ1) is 14.0. The van der Waals surface area contributed by atoms with Gasteiger partial charge in [-0.15, -0.1) is 0 Å². The largest absolute Gasteiger partial charge is 0.459 e. The van der Waals surface area contributed by atoms with Crippen molar-refractivity contribution in [3.8, 4) is 5.69 Å². The molecule has 1 N–H and O–H groups in total. The lowest BCUT2D eigenvalue weighted by Crippen LogP contribution is -2.28. The molecule has 3 aromatic rings. The van der Waals surface area contributed by atoms with Crippen molar-refractivity contribution < 1.29 is 18.7 Å². The van der Waals surface area contributed by atoms with Crippen LogP contribution < -0.4 is 5.32 Å². The molecule has 0 unspecified atom stereocenters. The highest BCUT2D eigenvalue weighted by molar-refractivity contribution is 5.87. The van der Waals surface area contributed by atoms with Crippen LogP contribution in [0.2, 0.25) is 0 Å². The smallest absolute Gasteiger partial charge is 0.358 e. The van der Waals surface area contributed by atoms with Gasteiger partial charge in [-0.25, -0.2) is 13.9 Å². The molecular formula is C22H22FN3O3. The quantitative estimate of drug-likeness (QED) is 0.470. The minimum absolute atomic E-state index is 0.0541. The molecule has 0 saturated carbocycles. The van der Waals surface area contributed by atoms with Crippen LogP contribution in [0.1, 0.15) is 28.0 Å². The number of benzene rings is 2.